The zero-order valence-corrected chi connectivity index (χ0v) is 14.7. The van der Waals surface area contributed by atoms with Crippen molar-refractivity contribution in [3.8, 4) is 0 Å². The smallest absolute Gasteiger partial charge is 0.279 e. The maximum Gasteiger partial charge on any atom is 0.279 e. The number of carbonyl (C=O) groups is 1. The summed E-state index contributed by atoms with van der Waals surface area (Å²) in [5.74, 6) is -0.590. The van der Waals surface area contributed by atoms with Crippen LogP contribution in [0.2, 0.25) is 5.15 Å². The van der Waals surface area contributed by atoms with Crippen molar-refractivity contribution >= 4 is 57.1 Å². The lowest BCUT2D eigenvalue weighted by Gasteiger charge is -1.98. The van der Waals surface area contributed by atoms with Gasteiger partial charge in [0.05, 0.1) is 11.4 Å². The average molecular weight is 384 g/mol. The Morgan fingerprint density at radius 1 is 1.26 bits per heavy atom. The number of anilines is 1. The molecule has 0 aliphatic rings. The number of nitrogens with zero attached hydrogens (tertiary/aromatic N) is 3. The molecule has 0 atom stereocenters. The molecule has 0 aliphatic heterocycles. The molecule has 0 bridgehead atoms. The van der Waals surface area contributed by atoms with Crippen molar-refractivity contribution in [2.24, 2.45) is 5.73 Å². The number of thiazole rings is 1. The van der Waals surface area contributed by atoms with Gasteiger partial charge in [-0.3, -0.25) is 4.79 Å². The molecule has 0 fully saturated rings. The Bertz CT molecular complexity index is 820. The Balaban J connectivity index is 1.65. The molecule has 2 aromatic heterocycles. The third-order valence-corrected chi connectivity index (χ3v) is 6.06. The van der Waals surface area contributed by atoms with Crippen molar-refractivity contribution in [2.75, 3.05) is 5.32 Å². The summed E-state index contributed by atoms with van der Waals surface area (Å²) in [7, 11) is 0. The quantitative estimate of drug-likeness (QED) is 0.676. The molecule has 0 saturated heterocycles. The first-order valence-electron chi connectivity index (χ1n) is 6.37. The Labute approximate surface area is 149 Å². The zero-order valence-electron chi connectivity index (χ0n) is 11.5. The molecule has 118 valence electrons. The van der Waals surface area contributed by atoms with Crippen LogP contribution in [0.15, 0.2) is 39.6 Å². The minimum Gasteiger partial charge on any atom is -0.363 e. The number of rotatable bonds is 6. The molecule has 3 rings (SSSR count). The van der Waals surface area contributed by atoms with E-state index < -0.39 is 5.91 Å². The molecular weight excluding hydrogens is 374 g/mol. The highest BCUT2D eigenvalue weighted by Gasteiger charge is 2.13. The molecule has 1 aromatic carbocycles. The van der Waals surface area contributed by atoms with E-state index in [0.29, 0.717) is 16.8 Å². The summed E-state index contributed by atoms with van der Waals surface area (Å²) in [5, 5.41) is 11.8. The molecular formula is C13H10ClN5OS3. The fourth-order valence-electron chi connectivity index (χ4n) is 1.60. The lowest BCUT2D eigenvalue weighted by Crippen LogP contribution is -2.10. The summed E-state index contributed by atoms with van der Waals surface area (Å²) in [6.07, 6.45) is 0. The van der Waals surface area contributed by atoms with Crippen molar-refractivity contribution in [2.45, 2.75) is 15.8 Å². The highest BCUT2D eigenvalue weighted by atomic mass is 35.5. The maximum absolute atomic E-state index is 11.0. The van der Waals surface area contributed by atoms with Crippen LogP contribution in [-0.4, -0.2) is 21.1 Å². The van der Waals surface area contributed by atoms with Gasteiger partial charge in [0.1, 0.15) is 5.15 Å². The Morgan fingerprint density at radius 3 is 2.74 bits per heavy atom. The van der Waals surface area contributed by atoms with Gasteiger partial charge in [-0.25, -0.2) is 4.98 Å². The molecule has 23 heavy (non-hydrogen) atoms. The zero-order chi connectivity index (χ0) is 16.2. The lowest BCUT2D eigenvalue weighted by atomic mass is 10.4. The molecule has 0 unspecified atom stereocenters. The van der Waals surface area contributed by atoms with Crippen LogP contribution in [0.4, 0.5) is 5.13 Å². The number of amides is 1. The number of nitrogens with two attached hydrogens (primary N) is 1. The van der Waals surface area contributed by atoms with Gasteiger partial charge in [0, 0.05) is 4.90 Å². The van der Waals surface area contributed by atoms with Gasteiger partial charge in [-0.05, 0) is 12.1 Å². The third kappa shape index (κ3) is 4.20. The second-order valence-corrected chi connectivity index (χ2v) is 7.98. The molecule has 0 aliphatic carbocycles. The minimum absolute atomic E-state index is 0.170. The molecule has 3 N–H and O–H groups in total. The van der Waals surface area contributed by atoms with Crippen molar-refractivity contribution in [1.82, 2.24) is 15.2 Å². The summed E-state index contributed by atoms with van der Waals surface area (Å²) in [5.41, 5.74) is 5.14. The Kier molecular flexibility index (Phi) is 5.11. The fraction of sp³-hybridized carbons (Fsp3) is 0.0769. The fourth-order valence-corrected chi connectivity index (χ4v) is 4.57. The molecule has 2 heterocycles. The van der Waals surface area contributed by atoms with E-state index in [4.69, 9.17) is 17.3 Å². The summed E-state index contributed by atoms with van der Waals surface area (Å²) in [4.78, 5) is 17.3. The topological polar surface area (TPSA) is 93.8 Å². The van der Waals surface area contributed by atoms with Gasteiger partial charge in [0.15, 0.2) is 4.34 Å². The maximum atomic E-state index is 11.0. The number of halogens is 1. The second kappa shape index (κ2) is 7.26. The largest absolute Gasteiger partial charge is 0.363 e. The second-order valence-electron chi connectivity index (χ2n) is 4.24. The van der Waals surface area contributed by atoms with E-state index in [1.807, 2.05) is 30.3 Å². The van der Waals surface area contributed by atoms with Gasteiger partial charge in [0.25, 0.3) is 5.91 Å². The summed E-state index contributed by atoms with van der Waals surface area (Å²) in [6, 6.07) is 9.96. The normalized spacial score (nSPS) is 10.7. The monoisotopic (exact) mass is 383 g/mol. The Hall–Kier alpha value is -1.68. The number of nitrogens with one attached hydrogen (secondary N) is 1. The van der Waals surface area contributed by atoms with Crippen LogP contribution in [0.5, 0.6) is 0 Å². The van der Waals surface area contributed by atoms with Gasteiger partial charge in [-0.1, -0.05) is 52.9 Å². The van der Waals surface area contributed by atoms with E-state index in [2.05, 4.69) is 20.5 Å². The Morgan fingerprint density at radius 2 is 2.04 bits per heavy atom. The first-order chi connectivity index (χ1) is 11.1. The highest BCUT2D eigenvalue weighted by molar-refractivity contribution is 8.01. The average Bonchev–Trinajstić information content (AvgIpc) is 3.13. The van der Waals surface area contributed by atoms with E-state index in [1.165, 1.54) is 11.3 Å². The van der Waals surface area contributed by atoms with Crippen LogP contribution in [0.1, 0.15) is 14.7 Å². The van der Waals surface area contributed by atoms with Crippen molar-refractivity contribution in [3.05, 3.63) is 45.4 Å². The first kappa shape index (κ1) is 16.2. The standard InChI is InChI=1S/C13H10ClN5OS3/c14-9-8(6-16-12-19-18-11(23-12)10(15)20)22-13(17-9)21-7-4-2-1-3-5-7/h1-5H,6H2,(H2,15,20)(H,16,19). The van der Waals surface area contributed by atoms with E-state index >= 15 is 0 Å². The van der Waals surface area contributed by atoms with E-state index in [0.717, 1.165) is 25.4 Å². The molecule has 1 amide bonds. The van der Waals surface area contributed by atoms with Crippen molar-refractivity contribution < 1.29 is 4.79 Å². The number of hydrogen-bond donors (Lipinski definition) is 2. The predicted octanol–water partition coefficient (Wildman–Crippen LogP) is 3.51. The van der Waals surface area contributed by atoms with Crippen LogP contribution in [-0.2, 0) is 6.54 Å². The molecule has 6 nitrogen and oxygen atoms in total. The van der Waals surface area contributed by atoms with Gasteiger partial charge in [-0.2, -0.15) is 0 Å². The molecule has 10 heteroatoms. The van der Waals surface area contributed by atoms with Crippen LogP contribution in [0, 0.1) is 0 Å². The molecule has 0 radical (unpaired) electrons. The third-order valence-electron chi connectivity index (χ3n) is 2.61. The van der Waals surface area contributed by atoms with Gasteiger partial charge in [0.2, 0.25) is 10.1 Å². The lowest BCUT2D eigenvalue weighted by molar-refractivity contribution is 0.0999. The number of hydrogen-bond acceptors (Lipinski definition) is 8. The van der Waals surface area contributed by atoms with Crippen molar-refractivity contribution in [1.29, 1.82) is 0 Å². The number of carbonyl (C=O) groups excluding carboxylic acids is 1. The highest BCUT2D eigenvalue weighted by Crippen LogP contribution is 2.35. The summed E-state index contributed by atoms with van der Waals surface area (Å²) in [6.45, 7) is 0.458. The van der Waals surface area contributed by atoms with E-state index in [-0.39, 0.29) is 5.01 Å². The molecule has 0 spiro atoms. The number of aromatic nitrogens is 3. The summed E-state index contributed by atoms with van der Waals surface area (Å²) < 4.78 is 0.869. The van der Waals surface area contributed by atoms with Crippen LogP contribution in [0.3, 0.4) is 0 Å². The molecule has 3 aromatic rings. The minimum atomic E-state index is -0.590. The van der Waals surface area contributed by atoms with Crippen LogP contribution >= 0.6 is 46.0 Å². The molecule has 0 saturated carbocycles. The van der Waals surface area contributed by atoms with Gasteiger partial charge >= 0.3 is 0 Å². The summed E-state index contributed by atoms with van der Waals surface area (Å²) >= 11 is 10.3. The van der Waals surface area contributed by atoms with Gasteiger partial charge in [-0.15, -0.1) is 21.5 Å². The SMILES string of the molecule is NC(=O)c1nnc(NCc2sc(Sc3ccccc3)nc2Cl)s1. The van der Waals surface area contributed by atoms with Crippen LogP contribution < -0.4 is 11.1 Å². The van der Waals surface area contributed by atoms with Crippen LogP contribution in [0.25, 0.3) is 0 Å². The number of primary amides is 1. The van der Waals surface area contributed by atoms with Gasteiger partial charge < -0.3 is 11.1 Å². The number of benzene rings is 1. The van der Waals surface area contributed by atoms with E-state index in [9.17, 15) is 4.79 Å². The van der Waals surface area contributed by atoms with Crippen molar-refractivity contribution in [3.63, 3.8) is 0 Å². The first-order valence-corrected chi connectivity index (χ1v) is 9.20. The van der Waals surface area contributed by atoms with E-state index in [1.54, 1.807) is 11.8 Å². The predicted molar refractivity (Wildman–Crippen MR) is 93.4 cm³/mol.